The molecular weight excluding hydrogens is 322 g/mol. The minimum atomic E-state index is 0.153. The Hall–Kier alpha value is -1.38. The lowest BCUT2D eigenvalue weighted by atomic mass is 10.2. The van der Waals surface area contributed by atoms with E-state index in [9.17, 15) is 4.79 Å². The lowest BCUT2D eigenvalue weighted by Crippen LogP contribution is -2.55. The summed E-state index contributed by atoms with van der Waals surface area (Å²) in [7, 11) is 0. The fraction of sp³-hybridized carbons (Fsp3) is 0.882. The van der Waals surface area contributed by atoms with Crippen LogP contribution in [0.3, 0.4) is 0 Å². The number of ether oxygens (including phenoxy) is 1. The predicted molar refractivity (Wildman–Crippen MR) is 97.6 cm³/mol. The van der Waals surface area contributed by atoms with Crippen molar-refractivity contribution in [3.05, 3.63) is 0 Å². The third kappa shape index (κ3) is 6.45. The van der Waals surface area contributed by atoms with E-state index in [-0.39, 0.29) is 18.4 Å². The molecule has 0 radical (unpaired) electrons. The summed E-state index contributed by atoms with van der Waals surface area (Å²) in [4.78, 5) is 23.3. The van der Waals surface area contributed by atoms with Gasteiger partial charge in [-0.25, -0.2) is 0 Å². The first-order valence-corrected chi connectivity index (χ1v) is 9.36. The second kappa shape index (κ2) is 10.6. The SMILES string of the molecule is CCNC(=NCC(C)CO)N1CCN(CC(=O)N2CCOCC2)CC1. The van der Waals surface area contributed by atoms with Gasteiger partial charge in [-0.05, 0) is 12.8 Å². The van der Waals surface area contributed by atoms with Crippen LogP contribution >= 0.6 is 0 Å². The van der Waals surface area contributed by atoms with Crippen LogP contribution in [0.25, 0.3) is 0 Å². The maximum atomic E-state index is 12.4. The Labute approximate surface area is 150 Å². The summed E-state index contributed by atoms with van der Waals surface area (Å²) in [5, 5.41) is 12.5. The van der Waals surface area contributed by atoms with Gasteiger partial charge < -0.3 is 25.0 Å². The number of carbonyl (C=O) groups is 1. The van der Waals surface area contributed by atoms with Gasteiger partial charge in [0.05, 0.1) is 19.8 Å². The van der Waals surface area contributed by atoms with E-state index in [1.165, 1.54) is 0 Å². The fourth-order valence-electron chi connectivity index (χ4n) is 2.95. The number of hydrogen-bond donors (Lipinski definition) is 2. The van der Waals surface area contributed by atoms with E-state index in [4.69, 9.17) is 9.84 Å². The summed E-state index contributed by atoms with van der Waals surface area (Å²) in [6.45, 7) is 12.3. The van der Waals surface area contributed by atoms with Crippen molar-refractivity contribution >= 4 is 11.9 Å². The molecule has 0 aromatic rings. The predicted octanol–water partition coefficient (Wildman–Crippen LogP) is -0.943. The molecule has 25 heavy (non-hydrogen) atoms. The van der Waals surface area contributed by atoms with E-state index < -0.39 is 0 Å². The summed E-state index contributed by atoms with van der Waals surface area (Å²) in [5.41, 5.74) is 0. The van der Waals surface area contributed by atoms with Crippen LogP contribution in [0.4, 0.5) is 0 Å². The van der Waals surface area contributed by atoms with Crippen molar-refractivity contribution in [1.82, 2.24) is 20.0 Å². The molecular formula is C17H33N5O3. The van der Waals surface area contributed by atoms with Crippen molar-refractivity contribution in [3.8, 4) is 0 Å². The summed E-state index contributed by atoms with van der Waals surface area (Å²) in [5.74, 6) is 1.28. The second-order valence-corrected chi connectivity index (χ2v) is 6.74. The number of morpholine rings is 1. The van der Waals surface area contributed by atoms with E-state index in [2.05, 4.69) is 27.0 Å². The highest BCUT2D eigenvalue weighted by Gasteiger charge is 2.24. The van der Waals surface area contributed by atoms with Gasteiger partial charge in [0.2, 0.25) is 5.91 Å². The molecule has 2 heterocycles. The number of aliphatic hydroxyl groups is 1. The van der Waals surface area contributed by atoms with Crippen molar-refractivity contribution in [2.45, 2.75) is 13.8 Å². The van der Waals surface area contributed by atoms with Crippen LogP contribution in [-0.2, 0) is 9.53 Å². The number of rotatable bonds is 6. The molecule has 8 nitrogen and oxygen atoms in total. The van der Waals surface area contributed by atoms with E-state index in [1.54, 1.807) is 0 Å². The first-order chi connectivity index (χ1) is 12.1. The molecule has 2 aliphatic rings. The quantitative estimate of drug-likeness (QED) is 0.473. The van der Waals surface area contributed by atoms with Gasteiger partial charge in [0, 0.05) is 59.0 Å². The van der Waals surface area contributed by atoms with Crippen LogP contribution in [0.15, 0.2) is 4.99 Å². The summed E-state index contributed by atoms with van der Waals surface area (Å²) < 4.78 is 5.30. The molecule has 2 rings (SSSR count). The number of amides is 1. The number of nitrogens with zero attached hydrogens (tertiary/aromatic N) is 4. The van der Waals surface area contributed by atoms with Crippen LogP contribution in [0.1, 0.15) is 13.8 Å². The highest BCUT2D eigenvalue weighted by atomic mass is 16.5. The molecule has 1 unspecified atom stereocenters. The molecule has 2 fully saturated rings. The van der Waals surface area contributed by atoms with Gasteiger partial charge in [0.15, 0.2) is 5.96 Å². The molecule has 2 aliphatic heterocycles. The number of carbonyl (C=O) groups excluding carboxylic acids is 1. The first kappa shape index (κ1) is 19.9. The lowest BCUT2D eigenvalue weighted by molar-refractivity contribution is -0.136. The summed E-state index contributed by atoms with van der Waals surface area (Å²) >= 11 is 0. The zero-order chi connectivity index (χ0) is 18.1. The monoisotopic (exact) mass is 355 g/mol. The maximum absolute atomic E-state index is 12.4. The number of piperazine rings is 1. The summed E-state index contributed by atoms with van der Waals surface area (Å²) in [6, 6.07) is 0. The molecule has 2 N–H and O–H groups in total. The van der Waals surface area contributed by atoms with Crippen LogP contribution < -0.4 is 5.32 Å². The number of aliphatic hydroxyl groups excluding tert-OH is 1. The van der Waals surface area contributed by atoms with Crippen LogP contribution in [-0.4, -0.2) is 110 Å². The number of guanidine groups is 1. The summed E-state index contributed by atoms with van der Waals surface area (Å²) in [6.07, 6.45) is 0. The van der Waals surface area contributed by atoms with Crippen molar-refractivity contribution in [2.24, 2.45) is 10.9 Å². The third-order valence-corrected chi connectivity index (χ3v) is 4.59. The normalized spacial score (nSPS) is 21.3. The Morgan fingerprint density at radius 2 is 1.84 bits per heavy atom. The molecule has 8 heteroatoms. The van der Waals surface area contributed by atoms with Gasteiger partial charge in [0.1, 0.15) is 0 Å². The Bertz CT molecular complexity index is 432. The van der Waals surface area contributed by atoms with Crippen LogP contribution in [0.5, 0.6) is 0 Å². The first-order valence-electron chi connectivity index (χ1n) is 9.36. The van der Waals surface area contributed by atoms with Crippen molar-refractivity contribution in [1.29, 1.82) is 0 Å². The molecule has 0 spiro atoms. The molecule has 0 aromatic heterocycles. The maximum Gasteiger partial charge on any atom is 0.236 e. The molecule has 0 bridgehead atoms. The second-order valence-electron chi connectivity index (χ2n) is 6.74. The highest BCUT2D eigenvalue weighted by molar-refractivity contribution is 5.80. The van der Waals surface area contributed by atoms with Crippen LogP contribution in [0.2, 0.25) is 0 Å². The number of aliphatic imine (C=N–C) groups is 1. The Morgan fingerprint density at radius 3 is 2.44 bits per heavy atom. The van der Waals surface area contributed by atoms with E-state index in [0.717, 1.165) is 38.7 Å². The van der Waals surface area contributed by atoms with Crippen molar-refractivity contribution in [2.75, 3.05) is 78.7 Å². The molecule has 2 saturated heterocycles. The third-order valence-electron chi connectivity index (χ3n) is 4.59. The molecule has 1 atom stereocenters. The van der Waals surface area contributed by atoms with Gasteiger partial charge in [0.25, 0.3) is 0 Å². The zero-order valence-electron chi connectivity index (χ0n) is 15.6. The average molecular weight is 355 g/mol. The highest BCUT2D eigenvalue weighted by Crippen LogP contribution is 2.05. The zero-order valence-corrected chi connectivity index (χ0v) is 15.6. The standard InChI is InChI=1S/C17H33N5O3/c1-3-18-17(19-12-15(2)14-23)22-6-4-20(5-7-22)13-16(24)21-8-10-25-11-9-21/h15,23H,3-14H2,1-2H3,(H,18,19). The van der Waals surface area contributed by atoms with Crippen molar-refractivity contribution in [3.63, 3.8) is 0 Å². The average Bonchev–Trinajstić information content (AvgIpc) is 2.66. The Balaban J connectivity index is 1.79. The van der Waals surface area contributed by atoms with Gasteiger partial charge in [-0.2, -0.15) is 0 Å². The smallest absolute Gasteiger partial charge is 0.236 e. The van der Waals surface area contributed by atoms with Crippen molar-refractivity contribution < 1.29 is 14.6 Å². The minimum Gasteiger partial charge on any atom is -0.396 e. The lowest BCUT2D eigenvalue weighted by Gasteiger charge is -2.37. The fourth-order valence-corrected chi connectivity index (χ4v) is 2.95. The minimum absolute atomic E-state index is 0.153. The van der Waals surface area contributed by atoms with Gasteiger partial charge in [-0.15, -0.1) is 0 Å². The molecule has 1 amide bonds. The topological polar surface area (TPSA) is 80.6 Å². The molecule has 0 aromatic carbocycles. The Kier molecular flexibility index (Phi) is 8.43. The number of nitrogens with one attached hydrogen (secondary N) is 1. The van der Waals surface area contributed by atoms with Gasteiger partial charge in [-0.3, -0.25) is 14.7 Å². The van der Waals surface area contributed by atoms with E-state index in [1.807, 2.05) is 11.8 Å². The Morgan fingerprint density at radius 1 is 1.16 bits per heavy atom. The molecule has 0 saturated carbocycles. The van der Waals surface area contributed by atoms with Gasteiger partial charge in [-0.1, -0.05) is 6.92 Å². The molecule has 0 aliphatic carbocycles. The van der Waals surface area contributed by atoms with E-state index in [0.29, 0.717) is 39.4 Å². The molecule has 144 valence electrons. The van der Waals surface area contributed by atoms with E-state index >= 15 is 0 Å². The largest absolute Gasteiger partial charge is 0.396 e. The van der Waals surface area contributed by atoms with Gasteiger partial charge >= 0.3 is 0 Å². The van der Waals surface area contributed by atoms with Crippen LogP contribution in [0, 0.1) is 5.92 Å². The number of hydrogen-bond acceptors (Lipinski definition) is 5.